The van der Waals surface area contributed by atoms with Gasteiger partial charge in [0.2, 0.25) is 5.91 Å². The second-order valence-electron chi connectivity index (χ2n) is 6.41. The van der Waals surface area contributed by atoms with Gasteiger partial charge in [-0.2, -0.15) is 0 Å². The van der Waals surface area contributed by atoms with Crippen molar-refractivity contribution in [3.8, 4) is 0 Å². The molecule has 0 aromatic heterocycles. The first kappa shape index (κ1) is 14.8. The predicted molar refractivity (Wildman–Crippen MR) is 79.1 cm³/mol. The summed E-state index contributed by atoms with van der Waals surface area (Å²) < 4.78 is 0. The molecular formula is C16H30N2O. The largest absolute Gasteiger partial charge is 0.353 e. The fourth-order valence-electron chi connectivity index (χ4n) is 3.15. The normalized spacial score (nSPS) is 27.2. The second kappa shape index (κ2) is 7.88. The van der Waals surface area contributed by atoms with Gasteiger partial charge < -0.3 is 10.6 Å². The van der Waals surface area contributed by atoms with E-state index in [1.807, 2.05) is 0 Å². The summed E-state index contributed by atoms with van der Waals surface area (Å²) in [4.78, 5) is 11.5. The fraction of sp³-hybridized carbons (Fsp3) is 0.938. The number of carbonyl (C=O) groups is 1. The van der Waals surface area contributed by atoms with E-state index in [1.165, 1.54) is 51.4 Å². The van der Waals surface area contributed by atoms with E-state index >= 15 is 0 Å². The Balaban J connectivity index is 1.46. The van der Waals surface area contributed by atoms with E-state index in [9.17, 15) is 4.79 Å². The monoisotopic (exact) mass is 266 g/mol. The lowest BCUT2D eigenvalue weighted by Crippen LogP contribution is -2.34. The molecule has 3 nitrogen and oxygen atoms in total. The molecule has 110 valence electrons. The van der Waals surface area contributed by atoms with Crippen molar-refractivity contribution < 1.29 is 4.79 Å². The van der Waals surface area contributed by atoms with Gasteiger partial charge in [-0.15, -0.1) is 0 Å². The van der Waals surface area contributed by atoms with E-state index in [4.69, 9.17) is 0 Å². The van der Waals surface area contributed by atoms with Gasteiger partial charge in [-0.25, -0.2) is 0 Å². The molecular weight excluding hydrogens is 236 g/mol. The molecule has 2 N–H and O–H groups in total. The van der Waals surface area contributed by atoms with Crippen LogP contribution < -0.4 is 10.6 Å². The van der Waals surface area contributed by atoms with Gasteiger partial charge in [0.15, 0.2) is 0 Å². The van der Waals surface area contributed by atoms with Crippen molar-refractivity contribution in [2.45, 2.75) is 83.2 Å². The Kier molecular flexibility index (Phi) is 6.15. The molecule has 2 rings (SSSR count). The average molecular weight is 266 g/mol. The minimum atomic E-state index is 0.246. The molecule has 3 heteroatoms. The Bertz CT molecular complexity index is 268. The Morgan fingerprint density at radius 2 is 1.74 bits per heavy atom. The number of nitrogens with one attached hydrogen (secondary N) is 2. The first-order valence-electron chi connectivity index (χ1n) is 8.30. The summed E-state index contributed by atoms with van der Waals surface area (Å²) in [6.07, 6.45) is 12.2. The summed E-state index contributed by atoms with van der Waals surface area (Å²) in [7, 11) is 0. The van der Waals surface area contributed by atoms with E-state index in [-0.39, 0.29) is 5.91 Å². The highest BCUT2D eigenvalue weighted by molar-refractivity contribution is 5.76. The fourth-order valence-corrected chi connectivity index (χ4v) is 3.15. The van der Waals surface area contributed by atoms with Crippen molar-refractivity contribution in [1.29, 1.82) is 0 Å². The zero-order valence-corrected chi connectivity index (χ0v) is 12.4. The molecule has 0 unspecified atom stereocenters. The number of amides is 1. The van der Waals surface area contributed by atoms with Crippen LogP contribution in [0.1, 0.15) is 71.1 Å². The van der Waals surface area contributed by atoms with Crippen molar-refractivity contribution in [3.05, 3.63) is 0 Å². The van der Waals surface area contributed by atoms with Gasteiger partial charge in [0.25, 0.3) is 0 Å². The van der Waals surface area contributed by atoms with Crippen LogP contribution in [0.25, 0.3) is 0 Å². The predicted octanol–water partition coefficient (Wildman–Crippen LogP) is 2.99. The molecule has 2 aliphatic rings. The molecule has 0 aromatic carbocycles. The van der Waals surface area contributed by atoms with Gasteiger partial charge in [0.05, 0.1) is 0 Å². The van der Waals surface area contributed by atoms with Crippen LogP contribution in [0.3, 0.4) is 0 Å². The molecule has 19 heavy (non-hydrogen) atoms. The van der Waals surface area contributed by atoms with Crippen molar-refractivity contribution in [2.75, 3.05) is 6.54 Å². The van der Waals surface area contributed by atoms with Crippen LogP contribution in [-0.2, 0) is 4.79 Å². The molecule has 0 aromatic rings. The Labute approximate surface area is 117 Å². The molecule has 0 heterocycles. The maximum Gasteiger partial charge on any atom is 0.220 e. The summed E-state index contributed by atoms with van der Waals surface area (Å²) in [6, 6.07) is 1.22. The molecule has 0 saturated heterocycles. The number of carbonyl (C=O) groups excluding carboxylic acids is 1. The summed E-state index contributed by atoms with van der Waals surface area (Å²) in [5, 5.41) is 6.67. The standard InChI is InChI=1S/C16H30N2O/c1-2-4-13-6-8-14(9-7-13)17-12-3-5-16(19)18-15-10-11-15/h13-15,17H,2-12H2,1H3,(H,18,19). The van der Waals surface area contributed by atoms with Gasteiger partial charge in [-0.3, -0.25) is 4.79 Å². The van der Waals surface area contributed by atoms with Crippen LogP contribution in [0.5, 0.6) is 0 Å². The SMILES string of the molecule is CCCC1CCC(NCCCC(=O)NC2CC2)CC1. The molecule has 2 aliphatic carbocycles. The van der Waals surface area contributed by atoms with Crippen molar-refractivity contribution >= 4 is 5.91 Å². The lowest BCUT2D eigenvalue weighted by Gasteiger charge is -2.29. The second-order valence-corrected chi connectivity index (χ2v) is 6.41. The zero-order valence-electron chi connectivity index (χ0n) is 12.4. The van der Waals surface area contributed by atoms with Crippen LogP contribution in [0.15, 0.2) is 0 Å². The summed E-state index contributed by atoms with van der Waals surface area (Å²) in [6.45, 7) is 3.29. The van der Waals surface area contributed by atoms with E-state index in [1.54, 1.807) is 0 Å². The maximum atomic E-state index is 11.5. The minimum Gasteiger partial charge on any atom is -0.353 e. The van der Waals surface area contributed by atoms with Crippen molar-refractivity contribution in [3.63, 3.8) is 0 Å². The quantitative estimate of drug-likeness (QED) is 0.663. The third-order valence-electron chi connectivity index (χ3n) is 4.50. The van der Waals surface area contributed by atoms with Gasteiger partial charge in [0, 0.05) is 18.5 Å². The van der Waals surface area contributed by atoms with E-state index < -0.39 is 0 Å². The molecule has 0 atom stereocenters. The molecule has 0 radical (unpaired) electrons. The summed E-state index contributed by atoms with van der Waals surface area (Å²) in [5.74, 6) is 1.23. The Hall–Kier alpha value is -0.570. The first-order chi connectivity index (χ1) is 9.28. The van der Waals surface area contributed by atoms with E-state index in [2.05, 4.69) is 17.6 Å². The minimum absolute atomic E-state index is 0.246. The zero-order chi connectivity index (χ0) is 13.5. The third kappa shape index (κ3) is 5.94. The molecule has 2 saturated carbocycles. The van der Waals surface area contributed by atoms with Crippen LogP contribution in [0, 0.1) is 5.92 Å². The van der Waals surface area contributed by atoms with Crippen LogP contribution in [-0.4, -0.2) is 24.5 Å². The van der Waals surface area contributed by atoms with Crippen LogP contribution in [0.4, 0.5) is 0 Å². The number of hydrogen-bond acceptors (Lipinski definition) is 2. The number of rotatable bonds is 8. The number of hydrogen-bond donors (Lipinski definition) is 2. The topological polar surface area (TPSA) is 41.1 Å². The summed E-state index contributed by atoms with van der Waals surface area (Å²) >= 11 is 0. The lowest BCUT2D eigenvalue weighted by atomic mass is 9.83. The van der Waals surface area contributed by atoms with E-state index in [0.29, 0.717) is 18.5 Å². The molecule has 2 fully saturated rings. The highest BCUT2D eigenvalue weighted by atomic mass is 16.1. The summed E-state index contributed by atoms with van der Waals surface area (Å²) in [5.41, 5.74) is 0. The molecule has 1 amide bonds. The lowest BCUT2D eigenvalue weighted by molar-refractivity contribution is -0.121. The Morgan fingerprint density at radius 1 is 1.05 bits per heavy atom. The Morgan fingerprint density at radius 3 is 2.37 bits per heavy atom. The van der Waals surface area contributed by atoms with Crippen molar-refractivity contribution in [2.24, 2.45) is 5.92 Å². The highest BCUT2D eigenvalue weighted by Gasteiger charge is 2.23. The van der Waals surface area contributed by atoms with Gasteiger partial charge in [-0.05, 0) is 57.4 Å². The van der Waals surface area contributed by atoms with Gasteiger partial charge in [0.1, 0.15) is 0 Å². The van der Waals surface area contributed by atoms with Crippen LogP contribution in [0.2, 0.25) is 0 Å². The van der Waals surface area contributed by atoms with Gasteiger partial charge in [-0.1, -0.05) is 19.8 Å². The molecule has 0 spiro atoms. The van der Waals surface area contributed by atoms with Crippen molar-refractivity contribution in [1.82, 2.24) is 10.6 Å². The molecule has 0 aliphatic heterocycles. The maximum absolute atomic E-state index is 11.5. The van der Waals surface area contributed by atoms with Crippen LogP contribution >= 0.6 is 0 Å². The molecule has 0 bridgehead atoms. The van der Waals surface area contributed by atoms with Gasteiger partial charge >= 0.3 is 0 Å². The first-order valence-corrected chi connectivity index (χ1v) is 8.30. The van der Waals surface area contributed by atoms with E-state index in [0.717, 1.165) is 18.9 Å². The third-order valence-corrected chi connectivity index (χ3v) is 4.50. The average Bonchev–Trinajstić information content (AvgIpc) is 3.21. The highest BCUT2D eigenvalue weighted by Crippen LogP contribution is 2.27. The smallest absolute Gasteiger partial charge is 0.220 e.